The molecule has 8 nitrogen and oxygen atoms in total. The normalized spacial score (nSPS) is 17.6. The molecular formula is C31H33ClN2O6. The van der Waals surface area contributed by atoms with Crippen LogP contribution in [-0.2, 0) is 16.2 Å². The summed E-state index contributed by atoms with van der Waals surface area (Å²) in [6.07, 6.45) is 5.05. The maximum Gasteiger partial charge on any atom is 0.269 e. The molecule has 2 aromatic carbocycles. The molecule has 0 saturated heterocycles. The Kier molecular flexibility index (Phi) is 8.26. The summed E-state index contributed by atoms with van der Waals surface area (Å²) in [4.78, 5) is 39.9. The summed E-state index contributed by atoms with van der Waals surface area (Å²) in [7, 11) is 0. The third-order valence-electron chi connectivity index (χ3n) is 7.70. The lowest BCUT2D eigenvalue weighted by atomic mass is 9.71. The monoisotopic (exact) mass is 564 g/mol. The molecule has 0 fully saturated rings. The second-order valence-electron chi connectivity index (χ2n) is 10.3. The number of Topliss-reactive ketones (excluding diaryl/α,β-unsaturated/α-hetero) is 2. The summed E-state index contributed by atoms with van der Waals surface area (Å²) in [6, 6.07) is 9.83. The minimum Gasteiger partial charge on any atom is -0.490 e. The number of benzene rings is 2. The predicted molar refractivity (Wildman–Crippen MR) is 152 cm³/mol. The van der Waals surface area contributed by atoms with Gasteiger partial charge in [-0.15, -0.1) is 0 Å². The van der Waals surface area contributed by atoms with Gasteiger partial charge in [0, 0.05) is 60.0 Å². The van der Waals surface area contributed by atoms with Crippen molar-refractivity contribution in [2.24, 2.45) is 0 Å². The maximum absolute atomic E-state index is 13.5. The first-order chi connectivity index (χ1) is 19.3. The molecule has 210 valence electrons. The molecule has 2 aliphatic carbocycles. The fourth-order valence-corrected chi connectivity index (χ4v) is 6.39. The minimum absolute atomic E-state index is 0.0237. The number of ether oxygens (including phenoxy) is 2. The van der Waals surface area contributed by atoms with E-state index >= 15 is 0 Å². The number of allylic oxidation sites excluding steroid dienone is 4. The third-order valence-corrected chi connectivity index (χ3v) is 7.98. The minimum atomic E-state index is -0.499. The number of hydrogen-bond donors (Lipinski definition) is 0. The van der Waals surface area contributed by atoms with Crippen LogP contribution in [0, 0.1) is 10.1 Å². The Morgan fingerprint density at radius 1 is 0.975 bits per heavy atom. The lowest BCUT2D eigenvalue weighted by Crippen LogP contribution is -2.39. The number of nitro benzene ring substituents is 1. The van der Waals surface area contributed by atoms with E-state index in [0.717, 1.165) is 55.6 Å². The molecule has 0 N–H and O–H groups in total. The maximum atomic E-state index is 13.5. The highest BCUT2D eigenvalue weighted by Gasteiger charge is 2.43. The highest BCUT2D eigenvalue weighted by Crippen LogP contribution is 2.51. The first-order valence-corrected chi connectivity index (χ1v) is 14.3. The van der Waals surface area contributed by atoms with Crippen LogP contribution in [0.25, 0.3) is 0 Å². The average Bonchev–Trinajstić information content (AvgIpc) is 2.93. The van der Waals surface area contributed by atoms with Crippen molar-refractivity contribution in [1.82, 2.24) is 4.90 Å². The highest BCUT2D eigenvalue weighted by atomic mass is 35.5. The van der Waals surface area contributed by atoms with E-state index in [0.29, 0.717) is 47.7 Å². The Morgan fingerprint density at radius 2 is 1.65 bits per heavy atom. The van der Waals surface area contributed by atoms with E-state index < -0.39 is 10.8 Å². The first kappa shape index (κ1) is 27.9. The molecule has 2 aromatic rings. The molecule has 0 atom stereocenters. The van der Waals surface area contributed by atoms with Crippen LogP contribution in [0.4, 0.5) is 5.69 Å². The van der Waals surface area contributed by atoms with Crippen molar-refractivity contribution in [1.29, 1.82) is 0 Å². The van der Waals surface area contributed by atoms with Gasteiger partial charge in [-0.3, -0.25) is 19.7 Å². The van der Waals surface area contributed by atoms with Crippen LogP contribution in [0.5, 0.6) is 11.5 Å². The van der Waals surface area contributed by atoms with E-state index in [1.807, 2.05) is 13.0 Å². The quantitative estimate of drug-likeness (QED) is 0.238. The van der Waals surface area contributed by atoms with Gasteiger partial charge in [0.2, 0.25) is 0 Å². The molecule has 40 heavy (non-hydrogen) atoms. The van der Waals surface area contributed by atoms with Crippen LogP contribution in [-0.4, -0.2) is 34.5 Å². The van der Waals surface area contributed by atoms with Crippen LogP contribution in [0.2, 0.25) is 5.02 Å². The van der Waals surface area contributed by atoms with Crippen LogP contribution in [0.1, 0.15) is 75.8 Å². The van der Waals surface area contributed by atoms with Crippen LogP contribution < -0.4 is 9.47 Å². The van der Waals surface area contributed by atoms with Gasteiger partial charge >= 0.3 is 0 Å². The fourth-order valence-electron chi connectivity index (χ4n) is 6.12. The van der Waals surface area contributed by atoms with Gasteiger partial charge < -0.3 is 14.4 Å². The molecule has 1 heterocycles. The number of non-ortho nitro benzene ring substituents is 1. The van der Waals surface area contributed by atoms with Crippen molar-refractivity contribution >= 4 is 28.9 Å². The topological polar surface area (TPSA) is 99.0 Å². The van der Waals surface area contributed by atoms with E-state index in [2.05, 4.69) is 11.8 Å². The summed E-state index contributed by atoms with van der Waals surface area (Å²) in [5, 5.41) is 11.5. The van der Waals surface area contributed by atoms with Gasteiger partial charge in [0.15, 0.2) is 23.1 Å². The number of carbonyl (C=O) groups is 2. The third kappa shape index (κ3) is 5.24. The van der Waals surface area contributed by atoms with E-state index in [1.165, 1.54) is 12.1 Å². The first-order valence-electron chi connectivity index (χ1n) is 14.0. The molecule has 0 radical (unpaired) electrons. The summed E-state index contributed by atoms with van der Waals surface area (Å²) < 4.78 is 12.0. The van der Waals surface area contributed by atoms with Gasteiger partial charge in [-0.25, -0.2) is 0 Å². The van der Waals surface area contributed by atoms with Crippen molar-refractivity contribution < 1.29 is 24.0 Å². The lowest BCUT2D eigenvalue weighted by molar-refractivity contribution is -0.384. The van der Waals surface area contributed by atoms with Crippen LogP contribution in [0.15, 0.2) is 58.9 Å². The van der Waals surface area contributed by atoms with Gasteiger partial charge in [-0.1, -0.05) is 30.7 Å². The molecule has 0 saturated carbocycles. The zero-order valence-corrected chi connectivity index (χ0v) is 23.6. The van der Waals surface area contributed by atoms with Gasteiger partial charge in [0.25, 0.3) is 5.69 Å². The Balaban J connectivity index is 1.58. The molecule has 0 aromatic heterocycles. The zero-order chi connectivity index (χ0) is 28.4. The lowest BCUT2D eigenvalue weighted by Gasteiger charge is -2.44. The molecule has 0 spiro atoms. The Bertz CT molecular complexity index is 1380. The Labute approximate surface area is 238 Å². The Hall–Kier alpha value is -3.65. The van der Waals surface area contributed by atoms with Crippen molar-refractivity contribution in [3.63, 3.8) is 0 Å². The summed E-state index contributed by atoms with van der Waals surface area (Å²) in [5.74, 6) is 0.383. The number of nitro groups is 1. The van der Waals surface area contributed by atoms with Crippen molar-refractivity contribution in [3.8, 4) is 11.5 Å². The summed E-state index contributed by atoms with van der Waals surface area (Å²) >= 11 is 6.81. The van der Waals surface area contributed by atoms with Crippen molar-refractivity contribution in [3.05, 3.63) is 85.2 Å². The van der Waals surface area contributed by atoms with E-state index in [4.69, 9.17) is 21.1 Å². The SMILES string of the molecule is CCCN1C2=C(C(=O)CCC2)C(c2cc(Cl)c(OCc3cccc([N+](=O)[O-])c3)c(OCC)c2)C2=C1CCCC2=O. The number of rotatable bonds is 9. The summed E-state index contributed by atoms with van der Waals surface area (Å²) in [5.41, 5.74) is 4.82. The second kappa shape index (κ2) is 11.8. The van der Waals surface area contributed by atoms with Crippen molar-refractivity contribution in [2.75, 3.05) is 13.2 Å². The molecule has 5 rings (SSSR count). The molecule has 0 unspecified atom stereocenters. The molecule has 0 amide bonds. The van der Waals surface area contributed by atoms with Gasteiger partial charge in [-0.05, 0) is 62.3 Å². The summed E-state index contributed by atoms with van der Waals surface area (Å²) in [6.45, 7) is 5.15. The number of ketones is 2. The molecule has 0 bridgehead atoms. The van der Waals surface area contributed by atoms with Gasteiger partial charge in [0.1, 0.15) is 6.61 Å². The standard InChI is InChI=1S/C31H33ClN2O6/c1-3-14-33-23-10-6-12-25(35)29(23)28(30-24(33)11-7-13-26(30)36)20-16-22(32)31(27(17-20)39-4-2)40-18-19-8-5-9-21(15-19)34(37)38/h5,8-9,15-17,28H,3-4,6-7,10-14,18H2,1-2H3. The second-order valence-corrected chi connectivity index (χ2v) is 10.7. The zero-order valence-electron chi connectivity index (χ0n) is 22.8. The predicted octanol–water partition coefficient (Wildman–Crippen LogP) is 7.05. The largest absolute Gasteiger partial charge is 0.490 e. The smallest absolute Gasteiger partial charge is 0.269 e. The number of carbonyl (C=O) groups excluding carboxylic acids is 2. The molecular weight excluding hydrogens is 532 g/mol. The van der Waals surface area contributed by atoms with Crippen molar-refractivity contribution in [2.45, 2.75) is 71.3 Å². The van der Waals surface area contributed by atoms with E-state index in [9.17, 15) is 19.7 Å². The molecule has 9 heteroatoms. The highest BCUT2D eigenvalue weighted by molar-refractivity contribution is 6.32. The van der Waals surface area contributed by atoms with Crippen LogP contribution in [0.3, 0.4) is 0 Å². The Morgan fingerprint density at radius 3 is 2.25 bits per heavy atom. The average molecular weight is 565 g/mol. The van der Waals surface area contributed by atoms with E-state index in [1.54, 1.807) is 18.2 Å². The number of hydrogen-bond acceptors (Lipinski definition) is 7. The van der Waals surface area contributed by atoms with E-state index in [-0.39, 0.29) is 28.9 Å². The van der Waals surface area contributed by atoms with Gasteiger partial charge in [0.05, 0.1) is 16.6 Å². The molecule has 1 aliphatic heterocycles. The number of nitrogens with zero attached hydrogens (tertiary/aromatic N) is 2. The van der Waals surface area contributed by atoms with Gasteiger partial charge in [-0.2, -0.15) is 0 Å². The number of halogens is 1. The van der Waals surface area contributed by atoms with Crippen LogP contribution >= 0.6 is 11.6 Å². The molecule has 3 aliphatic rings. The fraction of sp³-hybridized carbons (Fsp3) is 0.419.